The number of hydrogen-bond acceptors (Lipinski definition) is 4. The van der Waals surface area contributed by atoms with Crippen LogP contribution in [-0.2, 0) is 4.79 Å². The van der Waals surface area contributed by atoms with Crippen LogP contribution in [0.25, 0.3) is 0 Å². The summed E-state index contributed by atoms with van der Waals surface area (Å²) in [7, 11) is 0. The van der Waals surface area contributed by atoms with E-state index in [0.717, 1.165) is 4.88 Å². The monoisotopic (exact) mass is 309 g/mol. The summed E-state index contributed by atoms with van der Waals surface area (Å²) in [5, 5.41) is 16.7. The van der Waals surface area contributed by atoms with Gasteiger partial charge in [-0.15, -0.1) is 22.7 Å². The van der Waals surface area contributed by atoms with E-state index in [1.807, 2.05) is 23.6 Å². The number of nitrogens with one attached hydrogen (secondary N) is 1. The number of rotatable bonds is 7. The van der Waals surface area contributed by atoms with E-state index in [1.54, 1.807) is 22.7 Å². The van der Waals surface area contributed by atoms with Gasteiger partial charge in [0, 0.05) is 15.8 Å². The molecule has 0 radical (unpaired) electrons. The maximum absolute atomic E-state index is 11.1. The number of thiophene rings is 2. The molecular formula is C15H19NO2S2. The maximum Gasteiger partial charge on any atom is 0.305 e. The molecule has 0 aliphatic carbocycles. The van der Waals surface area contributed by atoms with E-state index >= 15 is 0 Å². The van der Waals surface area contributed by atoms with Crippen molar-refractivity contribution in [3.05, 3.63) is 44.8 Å². The second kappa shape index (κ2) is 7.02. The zero-order chi connectivity index (χ0) is 14.5. The lowest BCUT2D eigenvalue weighted by Gasteiger charge is -2.26. The predicted octanol–water partition coefficient (Wildman–Crippen LogP) is 4.31. The van der Waals surface area contributed by atoms with Crippen LogP contribution in [0, 0.1) is 5.92 Å². The van der Waals surface area contributed by atoms with Crippen LogP contribution >= 0.6 is 22.7 Å². The van der Waals surface area contributed by atoms with Crippen LogP contribution in [0.3, 0.4) is 0 Å². The number of carbonyl (C=O) groups is 1. The first-order valence-corrected chi connectivity index (χ1v) is 8.38. The van der Waals surface area contributed by atoms with Gasteiger partial charge >= 0.3 is 5.97 Å². The molecule has 0 bridgehead atoms. The Morgan fingerprint density at radius 3 is 2.25 bits per heavy atom. The Kier molecular flexibility index (Phi) is 5.34. The minimum absolute atomic E-state index is 0.106. The number of carboxylic acids is 1. The second-order valence-corrected chi connectivity index (χ2v) is 7.03. The minimum atomic E-state index is -0.774. The van der Waals surface area contributed by atoms with Gasteiger partial charge in [-0.25, -0.2) is 0 Å². The van der Waals surface area contributed by atoms with Crippen molar-refractivity contribution in [2.75, 3.05) is 0 Å². The zero-order valence-electron chi connectivity index (χ0n) is 11.6. The fourth-order valence-corrected chi connectivity index (χ4v) is 3.94. The summed E-state index contributed by atoms with van der Waals surface area (Å²) >= 11 is 3.31. The average Bonchev–Trinajstić information content (AvgIpc) is 3.05. The molecule has 3 nitrogen and oxygen atoms in total. The molecule has 0 fully saturated rings. The Bertz CT molecular complexity index is 520. The quantitative estimate of drug-likeness (QED) is 0.801. The van der Waals surface area contributed by atoms with E-state index < -0.39 is 5.97 Å². The number of carboxylic acid groups (broad SMARTS) is 1. The number of hydrogen-bond donors (Lipinski definition) is 2. The summed E-state index contributed by atoms with van der Waals surface area (Å²) in [6.45, 7) is 4.31. The van der Waals surface area contributed by atoms with Crippen molar-refractivity contribution in [1.29, 1.82) is 0 Å². The average molecular weight is 309 g/mol. The van der Waals surface area contributed by atoms with E-state index in [0.29, 0.717) is 5.92 Å². The van der Waals surface area contributed by atoms with Crippen LogP contribution in [-0.4, -0.2) is 11.1 Å². The third-order valence-corrected chi connectivity index (χ3v) is 5.10. The van der Waals surface area contributed by atoms with Gasteiger partial charge in [-0.1, -0.05) is 26.0 Å². The smallest absolute Gasteiger partial charge is 0.305 e. The molecule has 2 heterocycles. The first-order chi connectivity index (χ1) is 9.58. The summed E-state index contributed by atoms with van der Waals surface area (Å²) in [5.41, 5.74) is 0. The Balaban J connectivity index is 2.18. The van der Waals surface area contributed by atoms with Gasteiger partial charge in [0.1, 0.15) is 0 Å². The highest BCUT2D eigenvalue weighted by Gasteiger charge is 2.24. The van der Waals surface area contributed by atoms with Crippen LogP contribution in [0.15, 0.2) is 35.0 Å². The topological polar surface area (TPSA) is 49.3 Å². The van der Waals surface area contributed by atoms with Crippen LogP contribution in [0.2, 0.25) is 0 Å². The fourth-order valence-electron chi connectivity index (χ4n) is 2.19. The van der Waals surface area contributed by atoms with Gasteiger partial charge in [-0.05, 0) is 28.8 Å². The van der Waals surface area contributed by atoms with Gasteiger partial charge in [-0.2, -0.15) is 0 Å². The molecule has 0 spiro atoms. The van der Waals surface area contributed by atoms with Crippen molar-refractivity contribution < 1.29 is 9.90 Å². The zero-order valence-corrected chi connectivity index (χ0v) is 13.2. The van der Waals surface area contributed by atoms with Gasteiger partial charge in [0.25, 0.3) is 0 Å². The van der Waals surface area contributed by atoms with Crippen LogP contribution < -0.4 is 5.32 Å². The maximum atomic E-state index is 11.1. The molecule has 0 saturated heterocycles. The van der Waals surface area contributed by atoms with E-state index in [2.05, 4.69) is 30.6 Å². The first-order valence-electron chi connectivity index (χ1n) is 6.62. The molecule has 0 amide bonds. The predicted molar refractivity (Wildman–Crippen MR) is 84.3 cm³/mol. The van der Waals surface area contributed by atoms with E-state index in [-0.39, 0.29) is 18.5 Å². The normalized spacial score (nSPS) is 14.3. The lowest BCUT2D eigenvalue weighted by Crippen LogP contribution is -2.30. The molecule has 2 rings (SSSR count). The molecule has 2 unspecified atom stereocenters. The SMILES string of the molecule is CC(C)C(NC(CC(=O)O)c1cccs1)c1cccs1. The Morgan fingerprint density at radius 2 is 1.80 bits per heavy atom. The van der Waals surface area contributed by atoms with Gasteiger partial charge < -0.3 is 10.4 Å². The van der Waals surface area contributed by atoms with Crippen molar-refractivity contribution in [1.82, 2.24) is 5.32 Å². The number of aliphatic carboxylic acids is 1. The molecule has 20 heavy (non-hydrogen) atoms. The first kappa shape index (κ1) is 15.2. The molecule has 0 aromatic carbocycles. The molecule has 2 N–H and O–H groups in total. The van der Waals surface area contributed by atoms with Gasteiger partial charge in [0.05, 0.1) is 12.5 Å². The van der Waals surface area contributed by atoms with E-state index in [4.69, 9.17) is 5.11 Å². The van der Waals surface area contributed by atoms with Crippen molar-refractivity contribution >= 4 is 28.6 Å². The van der Waals surface area contributed by atoms with Crippen LogP contribution in [0.4, 0.5) is 0 Å². The standard InChI is InChI=1S/C15H19NO2S2/c1-10(2)15(13-6-4-8-20-13)16-11(9-14(17)18)12-5-3-7-19-12/h3-8,10-11,15-16H,9H2,1-2H3,(H,17,18). The summed E-state index contributed by atoms with van der Waals surface area (Å²) in [4.78, 5) is 13.4. The van der Waals surface area contributed by atoms with E-state index in [1.165, 1.54) is 4.88 Å². The molecule has 0 aliphatic rings. The third-order valence-electron chi connectivity index (χ3n) is 3.16. The van der Waals surface area contributed by atoms with Crippen LogP contribution in [0.1, 0.15) is 42.1 Å². The fraction of sp³-hybridized carbons (Fsp3) is 0.400. The van der Waals surface area contributed by atoms with Crippen molar-refractivity contribution in [2.45, 2.75) is 32.4 Å². The van der Waals surface area contributed by atoms with Crippen molar-refractivity contribution in [3.8, 4) is 0 Å². The van der Waals surface area contributed by atoms with Gasteiger partial charge in [0.2, 0.25) is 0 Å². The molecule has 2 aromatic rings. The second-order valence-electron chi connectivity index (χ2n) is 5.07. The summed E-state index contributed by atoms with van der Waals surface area (Å²) in [5.74, 6) is -0.366. The molecular weight excluding hydrogens is 290 g/mol. The summed E-state index contributed by atoms with van der Waals surface area (Å²) in [6.07, 6.45) is 0.106. The largest absolute Gasteiger partial charge is 0.481 e. The summed E-state index contributed by atoms with van der Waals surface area (Å²) < 4.78 is 0. The summed E-state index contributed by atoms with van der Waals surface area (Å²) in [6, 6.07) is 8.15. The van der Waals surface area contributed by atoms with Crippen molar-refractivity contribution in [3.63, 3.8) is 0 Å². The molecule has 2 aromatic heterocycles. The van der Waals surface area contributed by atoms with Gasteiger partial charge in [-0.3, -0.25) is 4.79 Å². The lowest BCUT2D eigenvalue weighted by molar-refractivity contribution is -0.137. The Morgan fingerprint density at radius 1 is 1.20 bits per heavy atom. The van der Waals surface area contributed by atoms with Gasteiger partial charge in [0.15, 0.2) is 0 Å². The van der Waals surface area contributed by atoms with Crippen molar-refractivity contribution in [2.24, 2.45) is 5.92 Å². The third kappa shape index (κ3) is 3.91. The molecule has 0 saturated carbocycles. The minimum Gasteiger partial charge on any atom is -0.481 e. The highest BCUT2D eigenvalue weighted by molar-refractivity contribution is 7.10. The highest BCUT2D eigenvalue weighted by atomic mass is 32.1. The Labute approximate surface area is 127 Å². The lowest BCUT2D eigenvalue weighted by atomic mass is 10.0. The molecule has 108 valence electrons. The molecule has 0 aliphatic heterocycles. The Hall–Kier alpha value is -1.17. The highest BCUT2D eigenvalue weighted by Crippen LogP contribution is 2.31. The molecule has 5 heteroatoms. The van der Waals surface area contributed by atoms with Crippen LogP contribution in [0.5, 0.6) is 0 Å². The molecule has 2 atom stereocenters. The van der Waals surface area contributed by atoms with E-state index in [9.17, 15) is 4.79 Å².